The number of carbonyl (C=O) groups excluding carboxylic acids is 2. The quantitative estimate of drug-likeness (QED) is 0.392. The number of ether oxygens (including phenoxy) is 1. The van der Waals surface area contributed by atoms with Gasteiger partial charge in [0.25, 0.3) is 11.6 Å². The number of hydrogen-bond acceptors (Lipinski definition) is 7. The third kappa shape index (κ3) is 6.63. The molecule has 0 radical (unpaired) electrons. The monoisotopic (exact) mass is 416 g/mol. The highest BCUT2D eigenvalue weighted by Gasteiger charge is 2.33. The molecular weight excluding hydrogens is 397 g/mol. The fourth-order valence-corrected chi connectivity index (χ4v) is 2.24. The van der Waals surface area contributed by atoms with E-state index in [0.29, 0.717) is 12.1 Å². The van der Waals surface area contributed by atoms with Gasteiger partial charge in [0, 0.05) is 19.7 Å². The number of carbonyl (C=O) groups is 2. The molecule has 0 unspecified atom stereocenters. The first kappa shape index (κ1) is 23.7. The molecule has 0 aliphatic rings. The molecule has 0 fully saturated rings. The standard InChI is InChI=1S/C17H19F3N4O5/c1-10(16(26)29-11(2)15(25)23(3)8-4-7-21)22-13-6-5-12(17(18,19)20)9-14(13)24(27)28/h5-6,9-11,22H,4,8H2,1-3H3/t10-,11+/m0/s1. The number of anilines is 1. The first-order valence-electron chi connectivity index (χ1n) is 8.33. The van der Waals surface area contributed by atoms with Crippen LogP contribution in [0.3, 0.4) is 0 Å². The topological polar surface area (TPSA) is 126 Å². The minimum atomic E-state index is -4.76. The van der Waals surface area contributed by atoms with Crippen molar-refractivity contribution in [2.45, 2.75) is 38.6 Å². The second-order valence-corrected chi connectivity index (χ2v) is 6.10. The molecule has 0 heterocycles. The van der Waals surface area contributed by atoms with Crippen LogP contribution in [-0.4, -0.2) is 47.4 Å². The lowest BCUT2D eigenvalue weighted by Crippen LogP contribution is -2.40. The molecule has 0 saturated carbocycles. The van der Waals surface area contributed by atoms with Crippen molar-refractivity contribution < 1.29 is 32.4 Å². The van der Waals surface area contributed by atoms with Crippen molar-refractivity contribution in [3.05, 3.63) is 33.9 Å². The molecule has 0 saturated heterocycles. The Morgan fingerprint density at radius 1 is 1.38 bits per heavy atom. The number of likely N-dealkylation sites (N-methyl/N-ethyl adjacent to an activating group) is 1. The summed E-state index contributed by atoms with van der Waals surface area (Å²) in [5.41, 5.74) is -2.37. The number of nitrogens with zero attached hydrogens (tertiary/aromatic N) is 3. The molecule has 0 bridgehead atoms. The Labute approximate surface area is 164 Å². The molecule has 0 aliphatic carbocycles. The Morgan fingerprint density at radius 2 is 2.00 bits per heavy atom. The Bertz CT molecular complexity index is 822. The van der Waals surface area contributed by atoms with E-state index in [1.807, 2.05) is 6.07 Å². The number of hydrogen-bond donors (Lipinski definition) is 1. The average molecular weight is 416 g/mol. The van der Waals surface area contributed by atoms with Crippen LogP contribution in [0.5, 0.6) is 0 Å². The van der Waals surface area contributed by atoms with Gasteiger partial charge in [0.2, 0.25) is 0 Å². The van der Waals surface area contributed by atoms with Crippen molar-refractivity contribution in [3.8, 4) is 6.07 Å². The van der Waals surface area contributed by atoms with Gasteiger partial charge in [0.15, 0.2) is 6.10 Å². The van der Waals surface area contributed by atoms with E-state index >= 15 is 0 Å². The maximum atomic E-state index is 12.7. The summed E-state index contributed by atoms with van der Waals surface area (Å²) in [4.78, 5) is 35.5. The second-order valence-electron chi connectivity index (χ2n) is 6.10. The lowest BCUT2D eigenvalue weighted by atomic mass is 10.1. The van der Waals surface area contributed by atoms with Crippen LogP contribution in [0.4, 0.5) is 24.5 Å². The summed E-state index contributed by atoms with van der Waals surface area (Å²) < 4.78 is 43.2. The highest BCUT2D eigenvalue weighted by atomic mass is 19.4. The van der Waals surface area contributed by atoms with Crippen LogP contribution in [0.25, 0.3) is 0 Å². The molecule has 9 nitrogen and oxygen atoms in total. The maximum Gasteiger partial charge on any atom is 0.416 e. The molecular formula is C17H19F3N4O5. The van der Waals surface area contributed by atoms with Gasteiger partial charge in [-0.3, -0.25) is 14.9 Å². The fourth-order valence-electron chi connectivity index (χ4n) is 2.24. The van der Waals surface area contributed by atoms with Crippen LogP contribution in [0.15, 0.2) is 18.2 Å². The smallest absolute Gasteiger partial charge is 0.416 e. The molecule has 158 valence electrons. The highest BCUT2D eigenvalue weighted by Crippen LogP contribution is 2.35. The van der Waals surface area contributed by atoms with Crippen LogP contribution in [0.1, 0.15) is 25.8 Å². The first-order valence-corrected chi connectivity index (χ1v) is 8.33. The molecule has 0 aliphatic heterocycles. The predicted molar refractivity (Wildman–Crippen MR) is 94.6 cm³/mol. The number of benzene rings is 1. The number of alkyl halides is 3. The van der Waals surface area contributed by atoms with Gasteiger partial charge in [0.05, 0.1) is 23.0 Å². The SMILES string of the molecule is C[C@H](Nc1ccc(C(F)(F)F)cc1[N+](=O)[O-])C(=O)O[C@H](C)C(=O)N(C)CCC#N. The minimum absolute atomic E-state index is 0.0957. The summed E-state index contributed by atoms with van der Waals surface area (Å²) in [7, 11) is 1.43. The van der Waals surface area contributed by atoms with Gasteiger partial charge in [0.1, 0.15) is 11.7 Å². The van der Waals surface area contributed by atoms with E-state index in [4.69, 9.17) is 10.00 Å². The van der Waals surface area contributed by atoms with E-state index < -0.39 is 46.4 Å². The van der Waals surface area contributed by atoms with E-state index in [1.165, 1.54) is 25.8 Å². The molecule has 1 N–H and O–H groups in total. The van der Waals surface area contributed by atoms with Gasteiger partial charge in [-0.05, 0) is 26.0 Å². The summed E-state index contributed by atoms with van der Waals surface area (Å²) in [5.74, 6) is -1.49. The highest BCUT2D eigenvalue weighted by molar-refractivity contribution is 5.86. The van der Waals surface area contributed by atoms with Crippen LogP contribution < -0.4 is 5.32 Å². The van der Waals surface area contributed by atoms with Crippen LogP contribution in [-0.2, 0) is 20.5 Å². The molecule has 1 amide bonds. The Hall–Kier alpha value is -3.36. The molecule has 1 aromatic rings. The van der Waals surface area contributed by atoms with Gasteiger partial charge in [-0.25, -0.2) is 4.79 Å². The van der Waals surface area contributed by atoms with Gasteiger partial charge in [-0.1, -0.05) is 0 Å². The minimum Gasteiger partial charge on any atom is -0.451 e. The van der Waals surface area contributed by atoms with Gasteiger partial charge >= 0.3 is 12.1 Å². The van der Waals surface area contributed by atoms with E-state index in [1.54, 1.807) is 0 Å². The molecule has 12 heteroatoms. The van der Waals surface area contributed by atoms with Crippen molar-refractivity contribution in [1.82, 2.24) is 4.90 Å². The number of nitro benzene ring substituents is 1. The van der Waals surface area contributed by atoms with E-state index in [9.17, 15) is 32.9 Å². The number of halogens is 3. The van der Waals surface area contributed by atoms with Gasteiger partial charge < -0.3 is 15.0 Å². The van der Waals surface area contributed by atoms with Crippen LogP contribution >= 0.6 is 0 Å². The molecule has 0 spiro atoms. The van der Waals surface area contributed by atoms with E-state index in [0.717, 1.165) is 6.07 Å². The number of amides is 1. The third-order valence-corrected chi connectivity index (χ3v) is 3.82. The number of nitriles is 1. The summed E-state index contributed by atoms with van der Waals surface area (Å²) in [6, 6.07) is 2.52. The van der Waals surface area contributed by atoms with E-state index in [-0.39, 0.29) is 18.7 Å². The Kier molecular flexibility index (Phi) is 7.94. The number of esters is 1. The molecule has 1 rings (SSSR count). The van der Waals surface area contributed by atoms with Crippen LogP contribution in [0, 0.1) is 21.4 Å². The van der Waals surface area contributed by atoms with Crippen molar-refractivity contribution in [3.63, 3.8) is 0 Å². The lowest BCUT2D eigenvalue weighted by Gasteiger charge is -2.22. The molecule has 2 atom stereocenters. The summed E-state index contributed by atoms with van der Waals surface area (Å²) in [5, 5.41) is 22.0. The fraction of sp³-hybridized carbons (Fsp3) is 0.471. The van der Waals surface area contributed by atoms with Crippen molar-refractivity contribution in [2.75, 3.05) is 18.9 Å². The maximum absolute atomic E-state index is 12.7. The predicted octanol–water partition coefficient (Wildman–Crippen LogP) is 2.72. The summed E-state index contributed by atoms with van der Waals surface area (Å²) in [6.07, 6.45) is -5.85. The zero-order valence-corrected chi connectivity index (χ0v) is 15.8. The Balaban J connectivity index is 2.86. The van der Waals surface area contributed by atoms with Crippen molar-refractivity contribution >= 4 is 23.3 Å². The average Bonchev–Trinajstić information content (AvgIpc) is 2.64. The summed E-state index contributed by atoms with van der Waals surface area (Å²) in [6.45, 7) is 2.74. The zero-order chi connectivity index (χ0) is 22.4. The normalized spacial score (nSPS) is 13.0. The van der Waals surface area contributed by atoms with E-state index in [2.05, 4.69) is 5.32 Å². The van der Waals surface area contributed by atoms with Gasteiger partial charge in [-0.15, -0.1) is 0 Å². The lowest BCUT2D eigenvalue weighted by molar-refractivity contribution is -0.384. The first-order chi connectivity index (χ1) is 13.4. The summed E-state index contributed by atoms with van der Waals surface area (Å²) >= 11 is 0. The Morgan fingerprint density at radius 3 is 2.52 bits per heavy atom. The largest absolute Gasteiger partial charge is 0.451 e. The number of nitro groups is 1. The third-order valence-electron chi connectivity index (χ3n) is 3.82. The number of nitrogens with one attached hydrogen (secondary N) is 1. The van der Waals surface area contributed by atoms with Crippen LogP contribution in [0.2, 0.25) is 0 Å². The van der Waals surface area contributed by atoms with Gasteiger partial charge in [-0.2, -0.15) is 18.4 Å². The zero-order valence-electron chi connectivity index (χ0n) is 15.8. The molecule has 0 aromatic heterocycles. The second kappa shape index (κ2) is 9.72. The van der Waals surface area contributed by atoms with Crippen molar-refractivity contribution in [1.29, 1.82) is 5.26 Å². The molecule has 29 heavy (non-hydrogen) atoms. The number of rotatable bonds is 8. The molecule has 1 aromatic carbocycles. The van der Waals surface area contributed by atoms with Crippen molar-refractivity contribution in [2.24, 2.45) is 0 Å².